The summed E-state index contributed by atoms with van der Waals surface area (Å²) in [5.41, 5.74) is 0.00375. The maximum Gasteiger partial charge on any atom is 0.435 e. The Kier molecular flexibility index (Phi) is 7.97. The Morgan fingerprint density at radius 1 is 1.28 bits per heavy atom. The van der Waals surface area contributed by atoms with Crippen molar-refractivity contribution < 1.29 is 35.8 Å². The topological polar surface area (TPSA) is 79.7 Å². The van der Waals surface area contributed by atoms with E-state index in [0.717, 1.165) is 11.6 Å². The van der Waals surface area contributed by atoms with E-state index in [0.29, 0.717) is 6.42 Å². The Hall–Kier alpha value is -1.95. The van der Waals surface area contributed by atoms with Crippen molar-refractivity contribution in [3.8, 4) is 0 Å². The lowest BCUT2D eigenvalue weighted by Gasteiger charge is -2.30. The quantitative estimate of drug-likeness (QED) is 0.403. The van der Waals surface area contributed by atoms with Crippen LogP contribution in [0.1, 0.15) is 42.3 Å². The number of hydrogen-bond acceptors (Lipinski definition) is 6. The first kappa shape index (κ1) is 24.7. The second kappa shape index (κ2) is 10.3. The van der Waals surface area contributed by atoms with E-state index >= 15 is 0 Å². The minimum absolute atomic E-state index is 0.0550. The molecule has 1 fully saturated rings. The highest BCUT2D eigenvalue weighted by atomic mass is 32.2. The first-order valence-electron chi connectivity index (χ1n) is 10.3. The van der Waals surface area contributed by atoms with Crippen LogP contribution in [0.4, 0.5) is 13.2 Å². The summed E-state index contributed by atoms with van der Waals surface area (Å²) in [6.07, 6.45) is -4.68. The third kappa shape index (κ3) is 5.89. The fraction of sp³-hybridized carbons (Fsp3) is 0.571. The van der Waals surface area contributed by atoms with Gasteiger partial charge in [0, 0.05) is 20.3 Å². The van der Waals surface area contributed by atoms with Gasteiger partial charge in [0.25, 0.3) is 0 Å². The lowest BCUT2D eigenvalue weighted by Crippen LogP contribution is -2.32. The number of methoxy groups -OCH3 is 1. The molecule has 2 atom stereocenters. The molecule has 0 bridgehead atoms. The molecule has 1 saturated heterocycles. The zero-order chi connectivity index (χ0) is 23.4. The summed E-state index contributed by atoms with van der Waals surface area (Å²) in [5.74, 6) is 0. The van der Waals surface area contributed by atoms with E-state index < -0.39 is 33.1 Å². The minimum atomic E-state index is -4.62. The molecule has 2 heterocycles. The molecule has 11 heteroatoms. The number of aryl methyl sites for hydroxylation is 2. The van der Waals surface area contributed by atoms with Crippen LogP contribution in [0.2, 0.25) is 0 Å². The van der Waals surface area contributed by atoms with Crippen LogP contribution in [-0.4, -0.2) is 50.6 Å². The Labute approximate surface area is 185 Å². The fourth-order valence-corrected chi connectivity index (χ4v) is 5.54. The molecule has 2 unspecified atom stereocenters. The van der Waals surface area contributed by atoms with Gasteiger partial charge in [-0.1, -0.05) is 12.1 Å². The minimum Gasteiger partial charge on any atom is -0.372 e. The number of sulfone groups is 1. The Morgan fingerprint density at radius 2 is 2.06 bits per heavy atom. The van der Waals surface area contributed by atoms with E-state index in [1.165, 1.54) is 11.8 Å². The normalized spacial score (nSPS) is 19.9. The van der Waals surface area contributed by atoms with Gasteiger partial charge in [-0.25, -0.2) is 8.42 Å². The molecule has 1 aliphatic rings. The van der Waals surface area contributed by atoms with Crippen molar-refractivity contribution in [1.82, 2.24) is 9.78 Å². The Bertz CT molecular complexity index is 1010. The Morgan fingerprint density at radius 3 is 2.75 bits per heavy atom. The lowest BCUT2D eigenvalue weighted by atomic mass is 10.1. The zero-order valence-corrected chi connectivity index (χ0v) is 18.8. The van der Waals surface area contributed by atoms with E-state index in [9.17, 15) is 21.6 Å². The molecule has 1 aliphatic heterocycles. The van der Waals surface area contributed by atoms with E-state index in [-0.39, 0.29) is 50.0 Å². The average molecular weight is 477 g/mol. The number of alkyl halides is 3. The van der Waals surface area contributed by atoms with Gasteiger partial charge < -0.3 is 14.2 Å². The van der Waals surface area contributed by atoms with E-state index in [2.05, 4.69) is 5.10 Å². The SMILES string of the molecule is COCOCCCn1nc(C(F)(F)F)cc1C1CC(S(=O)(=O)c2cccc(C)c2)CCO1. The van der Waals surface area contributed by atoms with Crippen molar-refractivity contribution in [2.45, 2.75) is 55.2 Å². The van der Waals surface area contributed by atoms with Crippen molar-refractivity contribution in [3.05, 3.63) is 47.3 Å². The van der Waals surface area contributed by atoms with Crippen LogP contribution in [0.25, 0.3) is 0 Å². The van der Waals surface area contributed by atoms with Crippen LogP contribution in [-0.2, 0) is 36.8 Å². The van der Waals surface area contributed by atoms with Crippen LogP contribution < -0.4 is 0 Å². The summed E-state index contributed by atoms with van der Waals surface area (Å²) in [7, 11) is -2.18. The maximum atomic E-state index is 13.3. The summed E-state index contributed by atoms with van der Waals surface area (Å²) in [5, 5.41) is 2.95. The molecule has 3 rings (SSSR count). The van der Waals surface area contributed by atoms with Gasteiger partial charge in [0.15, 0.2) is 15.5 Å². The first-order valence-corrected chi connectivity index (χ1v) is 11.8. The predicted molar refractivity (Wildman–Crippen MR) is 110 cm³/mol. The number of ether oxygens (including phenoxy) is 3. The molecule has 178 valence electrons. The number of hydrogen-bond donors (Lipinski definition) is 0. The number of nitrogens with zero attached hydrogens (tertiary/aromatic N) is 2. The molecule has 0 aliphatic carbocycles. The van der Waals surface area contributed by atoms with Crippen molar-refractivity contribution >= 4 is 9.84 Å². The molecule has 7 nitrogen and oxygen atoms in total. The summed E-state index contributed by atoms with van der Waals surface area (Å²) in [6, 6.07) is 7.57. The Balaban J connectivity index is 1.82. The summed E-state index contributed by atoms with van der Waals surface area (Å²) in [4.78, 5) is 0.211. The van der Waals surface area contributed by atoms with Gasteiger partial charge in [0.2, 0.25) is 0 Å². The van der Waals surface area contributed by atoms with Crippen molar-refractivity contribution in [3.63, 3.8) is 0 Å². The van der Waals surface area contributed by atoms with Crippen molar-refractivity contribution in [2.75, 3.05) is 27.1 Å². The van der Waals surface area contributed by atoms with Crippen LogP contribution >= 0.6 is 0 Å². The number of aromatic nitrogens is 2. The van der Waals surface area contributed by atoms with Crippen molar-refractivity contribution in [2.24, 2.45) is 0 Å². The molecular formula is C21H27F3N2O5S. The smallest absolute Gasteiger partial charge is 0.372 e. The van der Waals surface area contributed by atoms with E-state index in [4.69, 9.17) is 14.2 Å². The van der Waals surface area contributed by atoms with Crippen LogP contribution in [0.3, 0.4) is 0 Å². The average Bonchev–Trinajstić information content (AvgIpc) is 3.18. The molecule has 0 N–H and O–H groups in total. The molecule has 1 aromatic heterocycles. The van der Waals surface area contributed by atoms with Gasteiger partial charge in [-0.3, -0.25) is 4.68 Å². The molecule has 0 saturated carbocycles. The summed E-state index contributed by atoms with van der Waals surface area (Å²) in [6.45, 7) is 2.47. The van der Waals surface area contributed by atoms with Gasteiger partial charge in [0.05, 0.1) is 22.4 Å². The summed E-state index contributed by atoms with van der Waals surface area (Å²) < 4.78 is 83.2. The summed E-state index contributed by atoms with van der Waals surface area (Å²) >= 11 is 0. The molecule has 2 aromatic rings. The van der Waals surface area contributed by atoms with Gasteiger partial charge in [0.1, 0.15) is 12.9 Å². The standard InChI is InChI=1S/C21H27F3N2O5S/c1-15-5-3-6-16(11-15)32(27,28)17-7-10-31-19(12-17)18-13-20(21(22,23)24)25-26(18)8-4-9-30-14-29-2/h3,5-6,11,13,17,19H,4,7-10,12,14H2,1-2H3. The van der Waals surface area contributed by atoms with Gasteiger partial charge in [-0.15, -0.1) is 0 Å². The van der Waals surface area contributed by atoms with E-state index in [1.54, 1.807) is 31.2 Å². The first-order chi connectivity index (χ1) is 15.1. The number of halogens is 3. The highest BCUT2D eigenvalue weighted by Gasteiger charge is 2.39. The monoisotopic (exact) mass is 476 g/mol. The molecule has 1 aromatic carbocycles. The van der Waals surface area contributed by atoms with Crippen LogP contribution in [0, 0.1) is 6.92 Å². The second-order valence-corrected chi connectivity index (χ2v) is 9.94. The van der Waals surface area contributed by atoms with Crippen LogP contribution in [0.15, 0.2) is 35.2 Å². The predicted octanol–water partition coefficient (Wildman–Crippen LogP) is 3.91. The largest absolute Gasteiger partial charge is 0.435 e. The molecular weight excluding hydrogens is 449 g/mol. The molecule has 0 amide bonds. The van der Waals surface area contributed by atoms with Crippen molar-refractivity contribution in [1.29, 1.82) is 0 Å². The molecule has 0 spiro atoms. The number of rotatable bonds is 9. The highest BCUT2D eigenvalue weighted by Crippen LogP contribution is 2.37. The third-order valence-corrected chi connectivity index (χ3v) is 7.50. The maximum absolute atomic E-state index is 13.3. The number of benzene rings is 1. The van der Waals surface area contributed by atoms with Gasteiger partial charge >= 0.3 is 6.18 Å². The lowest BCUT2D eigenvalue weighted by molar-refractivity contribution is -0.141. The molecule has 32 heavy (non-hydrogen) atoms. The van der Waals surface area contributed by atoms with Gasteiger partial charge in [-0.05, 0) is 49.9 Å². The molecule has 0 radical (unpaired) electrons. The van der Waals surface area contributed by atoms with Gasteiger partial charge in [-0.2, -0.15) is 18.3 Å². The van der Waals surface area contributed by atoms with Crippen LogP contribution in [0.5, 0.6) is 0 Å². The van der Waals surface area contributed by atoms with E-state index in [1.807, 2.05) is 0 Å². The third-order valence-electron chi connectivity index (χ3n) is 5.28. The second-order valence-electron chi connectivity index (χ2n) is 7.71. The zero-order valence-electron chi connectivity index (χ0n) is 18.0. The highest BCUT2D eigenvalue weighted by molar-refractivity contribution is 7.92. The fourth-order valence-electron chi connectivity index (χ4n) is 3.71.